The molecule has 1 aromatic rings. The van der Waals surface area contributed by atoms with Crippen molar-refractivity contribution in [2.75, 3.05) is 19.0 Å². The topological polar surface area (TPSA) is 58.1 Å². The van der Waals surface area contributed by atoms with Gasteiger partial charge < -0.3 is 5.32 Å². The molecule has 2 amide bonds. The van der Waals surface area contributed by atoms with Crippen molar-refractivity contribution < 1.29 is 4.79 Å². The molecule has 0 aliphatic carbocycles. The van der Waals surface area contributed by atoms with E-state index in [9.17, 15) is 4.79 Å². The van der Waals surface area contributed by atoms with Crippen LogP contribution in [0.2, 0.25) is 0 Å². The van der Waals surface area contributed by atoms with Crippen LogP contribution in [0.25, 0.3) is 0 Å². The smallest absolute Gasteiger partial charge is 0.323 e. The number of rotatable bonds is 1. The lowest BCUT2D eigenvalue weighted by Crippen LogP contribution is -2.34. The molecule has 0 radical (unpaired) electrons. The maximum Gasteiger partial charge on any atom is 0.323 e. The molecule has 6 heteroatoms. The van der Waals surface area contributed by atoms with Gasteiger partial charge >= 0.3 is 6.03 Å². The van der Waals surface area contributed by atoms with Crippen LogP contribution in [0, 0.1) is 0 Å². The third-order valence-corrected chi connectivity index (χ3v) is 3.29. The molecular formula is C9H16N4OS. The number of hydrogen-bond donors (Lipinski definition) is 1. The van der Waals surface area contributed by atoms with Crippen molar-refractivity contribution in [3.63, 3.8) is 0 Å². The van der Waals surface area contributed by atoms with Crippen LogP contribution in [0.15, 0.2) is 0 Å². The molecule has 1 aromatic heterocycles. The Labute approximate surface area is 93.5 Å². The van der Waals surface area contributed by atoms with Crippen LogP contribution in [0.5, 0.6) is 0 Å². The number of urea groups is 1. The molecule has 84 valence electrons. The summed E-state index contributed by atoms with van der Waals surface area (Å²) in [7, 11) is 3.26. The first-order valence-electron chi connectivity index (χ1n) is 4.65. The Morgan fingerprint density at radius 3 is 2.40 bits per heavy atom. The maximum atomic E-state index is 11.3. The van der Waals surface area contributed by atoms with E-state index in [4.69, 9.17) is 0 Å². The van der Waals surface area contributed by atoms with E-state index in [-0.39, 0.29) is 11.4 Å². The van der Waals surface area contributed by atoms with E-state index in [1.807, 2.05) is 0 Å². The highest BCUT2D eigenvalue weighted by Crippen LogP contribution is 2.29. The highest BCUT2D eigenvalue weighted by atomic mass is 32.1. The summed E-state index contributed by atoms with van der Waals surface area (Å²) >= 11 is 1.43. The first-order valence-corrected chi connectivity index (χ1v) is 5.47. The van der Waals surface area contributed by atoms with Gasteiger partial charge in [-0.15, -0.1) is 10.2 Å². The predicted molar refractivity (Wildman–Crippen MR) is 61.5 cm³/mol. The van der Waals surface area contributed by atoms with Gasteiger partial charge in [0.15, 0.2) is 0 Å². The Morgan fingerprint density at radius 1 is 1.40 bits per heavy atom. The summed E-state index contributed by atoms with van der Waals surface area (Å²) in [5, 5.41) is 12.1. The molecule has 15 heavy (non-hydrogen) atoms. The van der Waals surface area contributed by atoms with Gasteiger partial charge in [0.2, 0.25) is 5.13 Å². The van der Waals surface area contributed by atoms with Crippen molar-refractivity contribution in [1.29, 1.82) is 0 Å². The number of aromatic nitrogens is 2. The summed E-state index contributed by atoms with van der Waals surface area (Å²) in [6.07, 6.45) is 0. The fraction of sp³-hybridized carbons (Fsp3) is 0.667. The molecule has 5 nitrogen and oxygen atoms in total. The fourth-order valence-electron chi connectivity index (χ4n) is 0.909. The van der Waals surface area contributed by atoms with E-state index in [0.717, 1.165) is 5.01 Å². The van der Waals surface area contributed by atoms with E-state index in [0.29, 0.717) is 5.13 Å². The second kappa shape index (κ2) is 4.14. The number of nitrogens with one attached hydrogen (secondary N) is 1. The zero-order chi connectivity index (χ0) is 11.6. The van der Waals surface area contributed by atoms with Gasteiger partial charge in [0.25, 0.3) is 0 Å². The van der Waals surface area contributed by atoms with Crippen LogP contribution in [0.4, 0.5) is 9.93 Å². The largest absolute Gasteiger partial charge is 0.341 e. The fourth-order valence-corrected chi connectivity index (χ4v) is 1.77. The van der Waals surface area contributed by atoms with Crippen molar-refractivity contribution in [2.24, 2.45) is 0 Å². The zero-order valence-corrected chi connectivity index (χ0v) is 10.5. The minimum atomic E-state index is -0.188. The van der Waals surface area contributed by atoms with Gasteiger partial charge in [0.1, 0.15) is 5.01 Å². The predicted octanol–water partition coefficient (Wildman–Crippen LogP) is 1.61. The van der Waals surface area contributed by atoms with Crippen LogP contribution in [-0.4, -0.2) is 30.3 Å². The van der Waals surface area contributed by atoms with Crippen LogP contribution in [0.3, 0.4) is 0 Å². The number of amides is 2. The lowest BCUT2D eigenvalue weighted by atomic mass is 10.2. The average molecular weight is 231 g/mol. The Hall–Kier alpha value is -1.17. The summed E-state index contributed by atoms with van der Waals surface area (Å²) in [6.45, 7) is 6.20. The summed E-state index contributed by atoms with van der Waals surface area (Å²) in [4.78, 5) is 12.8. The summed E-state index contributed by atoms with van der Waals surface area (Å²) in [5.74, 6) is 0. The van der Waals surface area contributed by atoms with E-state index in [1.54, 1.807) is 14.1 Å². The molecule has 1 rings (SSSR count). The van der Waals surface area contributed by atoms with Gasteiger partial charge in [0.05, 0.1) is 0 Å². The van der Waals surface area contributed by atoms with E-state index < -0.39 is 0 Å². The average Bonchev–Trinajstić information content (AvgIpc) is 2.63. The number of carbonyl (C=O) groups is 1. The van der Waals surface area contributed by atoms with E-state index in [1.165, 1.54) is 16.2 Å². The molecule has 0 atom stereocenters. The van der Waals surface area contributed by atoms with Crippen LogP contribution < -0.4 is 10.2 Å². The van der Waals surface area contributed by atoms with Gasteiger partial charge in [-0.3, -0.25) is 4.90 Å². The molecule has 0 unspecified atom stereocenters. The van der Waals surface area contributed by atoms with Crippen molar-refractivity contribution >= 4 is 22.5 Å². The number of nitrogens with zero attached hydrogens (tertiary/aromatic N) is 3. The molecule has 1 heterocycles. The highest BCUT2D eigenvalue weighted by Gasteiger charge is 2.22. The molecule has 0 aliphatic heterocycles. The first kappa shape index (κ1) is 11.9. The Balaban J connectivity index is 2.89. The Kier molecular flexibility index (Phi) is 3.28. The lowest BCUT2D eigenvalue weighted by Gasteiger charge is -2.13. The maximum absolute atomic E-state index is 11.3. The monoisotopic (exact) mass is 231 g/mol. The van der Waals surface area contributed by atoms with Gasteiger partial charge in [-0.2, -0.15) is 0 Å². The standard InChI is InChI=1S/C9H16N4OS/c1-9(2,3)6-11-12-8(15-6)13(5)7(14)10-4/h1-5H3,(H,10,14)/i1+1,2+1,4+1. The van der Waals surface area contributed by atoms with Crippen molar-refractivity contribution in [3.8, 4) is 0 Å². The second-order valence-electron chi connectivity index (χ2n) is 4.25. The molecule has 0 saturated heterocycles. The molecular weight excluding hydrogens is 215 g/mol. The van der Waals surface area contributed by atoms with Crippen molar-refractivity contribution in [3.05, 3.63) is 5.01 Å². The lowest BCUT2D eigenvalue weighted by molar-refractivity contribution is 0.249. The molecule has 0 aliphatic rings. The van der Waals surface area contributed by atoms with Crippen LogP contribution in [-0.2, 0) is 5.41 Å². The third kappa shape index (κ3) is 2.65. The van der Waals surface area contributed by atoms with Gasteiger partial charge in [0, 0.05) is 19.5 Å². The van der Waals surface area contributed by atoms with Crippen molar-refractivity contribution in [2.45, 2.75) is 26.2 Å². The molecule has 0 spiro atoms. The number of hydrogen-bond acceptors (Lipinski definition) is 4. The molecule has 1 N–H and O–H groups in total. The van der Waals surface area contributed by atoms with E-state index >= 15 is 0 Å². The number of carbonyl (C=O) groups excluding carboxylic acids is 1. The zero-order valence-electron chi connectivity index (χ0n) is 9.66. The molecule has 0 aromatic carbocycles. The van der Waals surface area contributed by atoms with Crippen molar-refractivity contribution in [1.82, 2.24) is 15.5 Å². The first-order chi connectivity index (χ1) is 6.86. The Morgan fingerprint density at radius 2 is 2.00 bits per heavy atom. The summed E-state index contributed by atoms with van der Waals surface area (Å²) in [6, 6.07) is -0.188. The van der Waals surface area contributed by atoms with Gasteiger partial charge in [-0.25, -0.2) is 4.79 Å². The molecule has 0 saturated carbocycles. The molecule has 0 fully saturated rings. The number of anilines is 1. The van der Waals surface area contributed by atoms with Gasteiger partial charge in [-0.1, -0.05) is 32.1 Å². The van der Waals surface area contributed by atoms with E-state index in [2.05, 4.69) is 36.3 Å². The second-order valence-corrected chi connectivity index (χ2v) is 5.21. The van der Waals surface area contributed by atoms with Gasteiger partial charge in [-0.05, 0) is 0 Å². The quantitative estimate of drug-likeness (QED) is 0.747. The minimum Gasteiger partial charge on any atom is -0.341 e. The SMILES string of the molecule is CN(C(=O)N[13CH3])c1nnc(C(C)([13CH3])[13CH3])s1. The van der Waals surface area contributed by atoms with Crippen LogP contribution in [0.1, 0.15) is 25.8 Å². The van der Waals surface area contributed by atoms with Crippen LogP contribution >= 0.6 is 11.3 Å². The molecule has 0 bridgehead atoms. The minimum absolute atomic E-state index is 0.0283. The Bertz CT molecular complexity index is 355. The normalized spacial score (nSPS) is 11.3. The third-order valence-electron chi connectivity index (χ3n) is 1.86. The highest BCUT2D eigenvalue weighted by molar-refractivity contribution is 7.15. The summed E-state index contributed by atoms with van der Waals surface area (Å²) in [5.41, 5.74) is -0.0283. The summed E-state index contributed by atoms with van der Waals surface area (Å²) < 4.78 is 0.